The van der Waals surface area contributed by atoms with E-state index in [4.69, 9.17) is 0 Å². The Balaban J connectivity index is 2.19. The summed E-state index contributed by atoms with van der Waals surface area (Å²) >= 11 is 0. The normalized spacial score (nSPS) is 17.4. The van der Waals surface area contributed by atoms with Gasteiger partial charge in [0.25, 0.3) is 0 Å². The lowest BCUT2D eigenvalue weighted by Crippen LogP contribution is -2.49. The van der Waals surface area contributed by atoms with Crippen LogP contribution in [0.3, 0.4) is 0 Å². The third-order valence-corrected chi connectivity index (χ3v) is 2.80. The standard InChI is InChI=1S/C12H23N3O2/c1-8(2)5-14-12(17)9(3)15-11(16)4-10-6-13-7-10/h8-10,13H,4-7H2,1-3H3,(H,14,17)(H,15,16). The molecular formula is C12H23N3O2. The number of rotatable bonds is 6. The topological polar surface area (TPSA) is 70.2 Å². The minimum Gasteiger partial charge on any atom is -0.354 e. The zero-order chi connectivity index (χ0) is 12.8. The molecule has 0 aromatic rings. The summed E-state index contributed by atoms with van der Waals surface area (Å²) in [6, 6.07) is -0.450. The second-order valence-corrected chi connectivity index (χ2v) is 5.16. The molecule has 1 unspecified atom stereocenters. The number of amides is 2. The number of hydrogen-bond acceptors (Lipinski definition) is 3. The molecule has 1 atom stereocenters. The fourth-order valence-electron chi connectivity index (χ4n) is 1.58. The maximum atomic E-state index is 11.6. The summed E-state index contributed by atoms with van der Waals surface area (Å²) in [6.07, 6.45) is 0.509. The summed E-state index contributed by atoms with van der Waals surface area (Å²) in [6.45, 7) is 8.24. The van der Waals surface area contributed by atoms with Gasteiger partial charge in [-0.1, -0.05) is 13.8 Å². The Morgan fingerprint density at radius 3 is 2.41 bits per heavy atom. The maximum absolute atomic E-state index is 11.6. The Kier molecular flexibility index (Phi) is 5.41. The average molecular weight is 241 g/mol. The van der Waals surface area contributed by atoms with Gasteiger partial charge in [-0.25, -0.2) is 0 Å². The van der Waals surface area contributed by atoms with Gasteiger partial charge >= 0.3 is 0 Å². The predicted molar refractivity (Wildman–Crippen MR) is 66.4 cm³/mol. The Hall–Kier alpha value is -1.10. The Morgan fingerprint density at radius 2 is 1.94 bits per heavy atom. The first-order valence-corrected chi connectivity index (χ1v) is 6.26. The first kappa shape index (κ1) is 14.0. The first-order valence-electron chi connectivity index (χ1n) is 6.26. The van der Waals surface area contributed by atoms with Crippen molar-refractivity contribution in [2.75, 3.05) is 19.6 Å². The summed E-state index contributed by atoms with van der Waals surface area (Å²) < 4.78 is 0. The molecule has 0 aromatic heterocycles. The number of nitrogens with one attached hydrogen (secondary N) is 3. The predicted octanol–water partition coefficient (Wildman–Crippen LogP) is -0.127. The quantitative estimate of drug-likeness (QED) is 0.607. The van der Waals surface area contributed by atoms with E-state index in [9.17, 15) is 9.59 Å². The molecule has 1 saturated heterocycles. The molecule has 0 aliphatic carbocycles. The summed E-state index contributed by atoms with van der Waals surface area (Å²) in [4.78, 5) is 23.2. The van der Waals surface area contributed by atoms with Gasteiger partial charge in [-0.05, 0) is 31.8 Å². The SMILES string of the molecule is CC(C)CNC(=O)C(C)NC(=O)CC1CNC1. The van der Waals surface area contributed by atoms with Crippen LogP contribution in [0.4, 0.5) is 0 Å². The highest BCUT2D eigenvalue weighted by Crippen LogP contribution is 2.07. The highest BCUT2D eigenvalue weighted by atomic mass is 16.2. The van der Waals surface area contributed by atoms with Crippen LogP contribution in [-0.4, -0.2) is 37.5 Å². The van der Waals surface area contributed by atoms with E-state index in [1.54, 1.807) is 6.92 Å². The van der Waals surface area contributed by atoms with Crippen LogP contribution in [0.25, 0.3) is 0 Å². The van der Waals surface area contributed by atoms with E-state index in [-0.39, 0.29) is 11.8 Å². The molecule has 1 aliphatic heterocycles. The van der Waals surface area contributed by atoms with Crippen molar-refractivity contribution in [1.82, 2.24) is 16.0 Å². The van der Waals surface area contributed by atoms with E-state index in [0.717, 1.165) is 13.1 Å². The molecule has 1 aliphatic rings. The van der Waals surface area contributed by atoms with Crippen molar-refractivity contribution < 1.29 is 9.59 Å². The summed E-state index contributed by atoms with van der Waals surface area (Å²) in [5.41, 5.74) is 0. The zero-order valence-electron chi connectivity index (χ0n) is 10.9. The van der Waals surface area contributed by atoms with Crippen LogP contribution in [0.15, 0.2) is 0 Å². The van der Waals surface area contributed by atoms with E-state index in [2.05, 4.69) is 16.0 Å². The van der Waals surface area contributed by atoms with Crippen LogP contribution < -0.4 is 16.0 Å². The van der Waals surface area contributed by atoms with Crippen molar-refractivity contribution in [3.05, 3.63) is 0 Å². The molecule has 5 nitrogen and oxygen atoms in total. The minimum absolute atomic E-state index is 0.0382. The third-order valence-electron chi connectivity index (χ3n) is 2.80. The molecule has 98 valence electrons. The lowest BCUT2D eigenvalue weighted by Gasteiger charge is -2.26. The highest BCUT2D eigenvalue weighted by Gasteiger charge is 2.22. The van der Waals surface area contributed by atoms with Crippen LogP contribution in [0, 0.1) is 11.8 Å². The van der Waals surface area contributed by atoms with Gasteiger partial charge in [-0.2, -0.15) is 0 Å². The van der Waals surface area contributed by atoms with Gasteiger partial charge in [0.1, 0.15) is 6.04 Å². The fourth-order valence-corrected chi connectivity index (χ4v) is 1.58. The third kappa shape index (κ3) is 5.17. The first-order chi connectivity index (χ1) is 7.99. The van der Waals surface area contributed by atoms with Crippen LogP contribution in [0.2, 0.25) is 0 Å². The maximum Gasteiger partial charge on any atom is 0.242 e. The van der Waals surface area contributed by atoms with Crippen molar-refractivity contribution in [3.63, 3.8) is 0 Å². The largest absolute Gasteiger partial charge is 0.354 e. The number of carbonyl (C=O) groups excluding carboxylic acids is 2. The van der Waals surface area contributed by atoms with E-state index >= 15 is 0 Å². The van der Waals surface area contributed by atoms with Gasteiger partial charge in [0.15, 0.2) is 0 Å². The van der Waals surface area contributed by atoms with Crippen molar-refractivity contribution in [1.29, 1.82) is 0 Å². The van der Waals surface area contributed by atoms with Crippen LogP contribution in [0.1, 0.15) is 27.2 Å². The molecule has 0 radical (unpaired) electrons. The van der Waals surface area contributed by atoms with Crippen LogP contribution in [-0.2, 0) is 9.59 Å². The lowest BCUT2D eigenvalue weighted by molar-refractivity contribution is -0.129. The molecule has 0 aromatic carbocycles. The molecule has 1 heterocycles. The monoisotopic (exact) mass is 241 g/mol. The highest BCUT2D eigenvalue weighted by molar-refractivity contribution is 5.87. The van der Waals surface area contributed by atoms with E-state index in [1.807, 2.05) is 13.8 Å². The van der Waals surface area contributed by atoms with Gasteiger partial charge in [0.05, 0.1) is 0 Å². The van der Waals surface area contributed by atoms with Crippen LogP contribution in [0.5, 0.6) is 0 Å². The van der Waals surface area contributed by atoms with E-state index in [0.29, 0.717) is 24.8 Å². The van der Waals surface area contributed by atoms with Gasteiger partial charge in [-0.15, -0.1) is 0 Å². The summed E-state index contributed by atoms with van der Waals surface area (Å²) in [5, 5.41) is 8.64. The van der Waals surface area contributed by atoms with Crippen molar-refractivity contribution in [2.45, 2.75) is 33.2 Å². The Labute approximate surface area is 103 Å². The van der Waals surface area contributed by atoms with E-state index in [1.165, 1.54) is 0 Å². The van der Waals surface area contributed by atoms with Crippen molar-refractivity contribution in [3.8, 4) is 0 Å². The van der Waals surface area contributed by atoms with Crippen molar-refractivity contribution >= 4 is 11.8 Å². The number of hydrogen-bond donors (Lipinski definition) is 3. The average Bonchev–Trinajstić information content (AvgIpc) is 2.19. The molecule has 0 bridgehead atoms. The molecule has 3 N–H and O–H groups in total. The lowest BCUT2D eigenvalue weighted by atomic mass is 9.99. The molecule has 0 saturated carbocycles. The van der Waals surface area contributed by atoms with Gasteiger partial charge in [0.2, 0.25) is 11.8 Å². The molecular weight excluding hydrogens is 218 g/mol. The van der Waals surface area contributed by atoms with Crippen LogP contribution >= 0.6 is 0 Å². The molecule has 17 heavy (non-hydrogen) atoms. The second kappa shape index (κ2) is 6.59. The second-order valence-electron chi connectivity index (χ2n) is 5.16. The molecule has 1 rings (SSSR count). The zero-order valence-corrected chi connectivity index (χ0v) is 10.9. The molecule has 5 heteroatoms. The Bertz CT molecular complexity index is 275. The smallest absolute Gasteiger partial charge is 0.242 e. The minimum atomic E-state index is -0.450. The molecule has 1 fully saturated rings. The van der Waals surface area contributed by atoms with Gasteiger partial charge < -0.3 is 16.0 Å². The van der Waals surface area contributed by atoms with E-state index < -0.39 is 6.04 Å². The summed E-state index contributed by atoms with van der Waals surface area (Å²) in [5.74, 6) is 0.700. The Morgan fingerprint density at radius 1 is 1.29 bits per heavy atom. The van der Waals surface area contributed by atoms with Gasteiger partial charge in [-0.3, -0.25) is 9.59 Å². The molecule has 2 amide bonds. The van der Waals surface area contributed by atoms with Crippen molar-refractivity contribution in [2.24, 2.45) is 11.8 Å². The molecule has 0 spiro atoms. The van der Waals surface area contributed by atoms with Gasteiger partial charge in [0, 0.05) is 13.0 Å². The number of carbonyl (C=O) groups is 2. The summed E-state index contributed by atoms with van der Waals surface area (Å²) in [7, 11) is 0. The fraction of sp³-hybridized carbons (Fsp3) is 0.833.